The molecule has 0 N–H and O–H groups in total. The highest BCUT2D eigenvalue weighted by molar-refractivity contribution is 7.92. The predicted octanol–water partition coefficient (Wildman–Crippen LogP) is 2.01. The number of carbonyl (C=O) groups excluding carboxylic acids is 2. The quantitative estimate of drug-likeness (QED) is 0.641. The third-order valence-electron chi connectivity index (χ3n) is 4.32. The lowest BCUT2D eigenvalue weighted by Gasteiger charge is -2.14. The lowest BCUT2D eigenvalue weighted by molar-refractivity contribution is -0.127. The van der Waals surface area contributed by atoms with Crippen LogP contribution in [-0.4, -0.2) is 54.3 Å². The Morgan fingerprint density at radius 2 is 1.96 bits per heavy atom. The van der Waals surface area contributed by atoms with Gasteiger partial charge in [-0.05, 0) is 31.0 Å². The van der Waals surface area contributed by atoms with Crippen molar-refractivity contribution in [1.82, 2.24) is 9.47 Å². The summed E-state index contributed by atoms with van der Waals surface area (Å²) in [5.41, 5.74) is 0.827. The van der Waals surface area contributed by atoms with Gasteiger partial charge < -0.3 is 9.47 Å². The van der Waals surface area contributed by atoms with E-state index in [4.69, 9.17) is 11.6 Å². The number of carbonyl (C=O) groups is 2. The summed E-state index contributed by atoms with van der Waals surface area (Å²) in [6, 6.07) is 5.30. The van der Waals surface area contributed by atoms with Gasteiger partial charge in [0.2, 0.25) is 5.91 Å². The first kappa shape index (κ1) is 20.8. The van der Waals surface area contributed by atoms with Gasteiger partial charge in [-0.1, -0.05) is 29.0 Å². The largest absolute Gasteiger partial charge is 0.342 e. The van der Waals surface area contributed by atoms with Crippen molar-refractivity contribution in [3.05, 3.63) is 40.7 Å². The van der Waals surface area contributed by atoms with Crippen LogP contribution >= 0.6 is 22.9 Å². The third kappa shape index (κ3) is 4.89. The van der Waals surface area contributed by atoms with Crippen molar-refractivity contribution >= 4 is 54.8 Å². The minimum absolute atomic E-state index is 0.364. The maximum Gasteiger partial charge on any atom is 0.263 e. The molecule has 2 heterocycles. The highest BCUT2D eigenvalue weighted by atomic mass is 35.5. The molecule has 150 valence electrons. The second-order valence-electron chi connectivity index (χ2n) is 6.52. The number of likely N-dealkylation sites (tertiary alicyclic amines) is 1. The smallest absolute Gasteiger partial charge is 0.263 e. The number of hydrogen-bond donors (Lipinski definition) is 0. The number of halogens is 1. The fourth-order valence-corrected chi connectivity index (χ4v) is 5.50. The molecular weight excluding hydrogens is 422 g/mol. The Balaban J connectivity index is 1.82. The van der Waals surface area contributed by atoms with E-state index in [-0.39, 0.29) is 0 Å². The molecule has 0 unspecified atom stereocenters. The Kier molecular flexibility index (Phi) is 6.36. The van der Waals surface area contributed by atoms with Crippen LogP contribution in [0.25, 0.3) is 10.2 Å². The van der Waals surface area contributed by atoms with E-state index in [0.29, 0.717) is 29.5 Å². The molecule has 1 fully saturated rings. The predicted molar refractivity (Wildman–Crippen MR) is 110 cm³/mol. The van der Waals surface area contributed by atoms with Gasteiger partial charge >= 0.3 is 0 Å². The molecule has 1 aliphatic rings. The average molecular weight is 442 g/mol. The Bertz CT molecular complexity index is 1100. The summed E-state index contributed by atoms with van der Waals surface area (Å²) in [4.78, 5) is 30.2. The highest BCUT2D eigenvalue weighted by Crippen LogP contribution is 2.22. The number of allylic oxidation sites excluding steroid dienone is 1. The standard InChI is InChI=1S/C18H20ClN3O4S2/c1-2-7-22-14-6-5-13(19)10-15(14)27-18(22)20-16(23)11-28(25,26)12-17(24)21-8-3-4-9-21/h2,5-6,10H,1,3-4,7-9,11-12H2. The van der Waals surface area contributed by atoms with Crippen molar-refractivity contribution in [3.8, 4) is 0 Å². The summed E-state index contributed by atoms with van der Waals surface area (Å²) in [7, 11) is -3.88. The summed E-state index contributed by atoms with van der Waals surface area (Å²) < 4.78 is 27.1. The minimum Gasteiger partial charge on any atom is -0.342 e. The van der Waals surface area contributed by atoms with Crippen molar-refractivity contribution in [1.29, 1.82) is 0 Å². The zero-order valence-corrected chi connectivity index (χ0v) is 17.5. The molecule has 0 spiro atoms. The van der Waals surface area contributed by atoms with E-state index < -0.39 is 33.2 Å². The van der Waals surface area contributed by atoms with Gasteiger partial charge in [0.25, 0.3) is 5.91 Å². The lowest BCUT2D eigenvalue weighted by Crippen LogP contribution is -2.35. The van der Waals surface area contributed by atoms with Crippen LogP contribution in [0.1, 0.15) is 12.8 Å². The van der Waals surface area contributed by atoms with Crippen LogP contribution < -0.4 is 4.80 Å². The number of nitrogens with zero attached hydrogens (tertiary/aromatic N) is 3. The van der Waals surface area contributed by atoms with Crippen LogP contribution in [0.15, 0.2) is 35.8 Å². The van der Waals surface area contributed by atoms with Crippen LogP contribution in [0.4, 0.5) is 0 Å². The van der Waals surface area contributed by atoms with Crippen LogP contribution in [0.2, 0.25) is 5.02 Å². The molecule has 0 radical (unpaired) electrons. The van der Waals surface area contributed by atoms with Gasteiger partial charge in [0, 0.05) is 24.7 Å². The zero-order chi connectivity index (χ0) is 20.3. The maximum atomic E-state index is 12.3. The molecule has 2 amide bonds. The van der Waals surface area contributed by atoms with E-state index in [9.17, 15) is 18.0 Å². The van der Waals surface area contributed by atoms with Crippen molar-refractivity contribution in [2.75, 3.05) is 24.6 Å². The number of fused-ring (bicyclic) bond motifs is 1. The summed E-state index contributed by atoms with van der Waals surface area (Å²) in [5, 5.41) is 0.556. The fourth-order valence-electron chi connectivity index (χ4n) is 3.06. The van der Waals surface area contributed by atoms with Gasteiger partial charge in [-0.15, -0.1) is 6.58 Å². The Labute approximate surface area is 171 Å². The van der Waals surface area contributed by atoms with Gasteiger partial charge in [0.1, 0.15) is 11.5 Å². The Hall–Kier alpha value is -1.97. The first-order chi connectivity index (χ1) is 13.3. The molecule has 1 aliphatic heterocycles. The minimum atomic E-state index is -3.88. The zero-order valence-electron chi connectivity index (χ0n) is 15.1. The molecule has 0 atom stereocenters. The van der Waals surface area contributed by atoms with E-state index in [1.165, 1.54) is 16.2 Å². The monoisotopic (exact) mass is 441 g/mol. The number of rotatable bonds is 6. The van der Waals surface area contributed by atoms with E-state index in [1.807, 2.05) is 6.07 Å². The molecular formula is C18H20ClN3O4S2. The normalized spacial score (nSPS) is 15.3. The molecule has 2 aromatic rings. The molecule has 0 aliphatic carbocycles. The van der Waals surface area contributed by atoms with Crippen molar-refractivity contribution in [3.63, 3.8) is 0 Å². The van der Waals surface area contributed by atoms with Gasteiger partial charge in [0.15, 0.2) is 14.6 Å². The van der Waals surface area contributed by atoms with Crippen LogP contribution in [0.5, 0.6) is 0 Å². The van der Waals surface area contributed by atoms with E-state index in [1.54, 1.807) is 22.8 Å². The number of thiazole rings is 1. The number of sulfone groups is 1. The van der Waals surface area contributed by atoms with Gasteiger partial charge in [-0.25, -0.2) is 8.42 Å². The number of amides is 2. The van der Waals surface area contributed by atoms with Crippen LogP contribution in [0.3, 0.4) is 0 Å². The van der Waals surface area contributed by atoms with Gasteiger partial charge in [-0.3, -0.25) is 9.59 Å². The van der Waals surface area contributed by atoms with Crippen molar-refractivity contribution in [2.24, 2.45) is 4.99 Å². The SMILES string of the molecule is C=CCn1c(=NC(=O)CS(=O)(=O)CC(=O)N2CCCC2)sc2cc(Cl)ccc21. The van der Waals surface area contributed by atoms with Crippen molar-refractivity contribution in [2.45, 2.75) is 19.4 Å². The second kappa shape index (κ2) is 8.59. The van der Waals surface area contributed by atoms with Crippen LogP contribution in [-0.2, 0) is 26.0 Å². The van der Waals surface area contributed by atoms with E-state index in [2.05, 4.69) is 11.6 Å². The molecule has 0 saturated carbocycles. The Morgan fingerprint density at radius 1 is 1.25 bits per heavy atom. The molecule has 1 aromatic heterocycles. The van der Waals surface area contributed by atoms with Crippen LogP contribution in [0, 0.1) is 0 Å². The lowest BCUT2D eigenvalue weighted by atomic mass is 10.3. The molecule has 1 saturated heterocycles. The van der Waals surface area contributed by atoms with E-state index >= 15 is 0 Å². The Morgan fingerprint density at radius 3 is 2.64 bits per heavy atom. The first-order valence-electron chi connectivity index (χ1n) is 8.74. The number of aromatic nitrogens is 1. The molecule has 7 nitrogen and oxygen atoms in total. The first-order valence-corrected chi connectivity index (χ1v) is 11.8. The topological polar surface area (TPSA) is 88.8 Å². The number of benzene rings is 1. The third-order valence-corrected chi connectivity index (χ3v) is 6.97. The summed E-state index contributed by atoms with van der Waals surface area (Å²) in [5.74, 6) is -2.72. The average Bonchev–Trinajstić information content (AvgIpc) is 3.23. The highest BCUT2D eigenvalue weighted by Gasteiger charge is 2.26. The molecule has 28 heavy (non-hydrogen) atoms. The molecule has 3 rings (SSSR count). The molecule has 10 heteroatoms. The summed E-state index contributed by atoms with van der Waals surface area (Å²) in [6.07, 6.45) is 3.41. The fraction of sp³-hybridized carbons (Fsp3) is 0.389. The molecule has 0 bridgehead atoms. The van der Waals surface area contributed by atoms with Gasteiger partial charge in [-0.2, -0.15) is 4.99 Å². The summed E-state index contributed by atoms with van der Waals surface area (Å²) in [6.45, 7) is 5.25. The molecule has 1 aromatic carbocycles. The maximum absolute atomic E-state index is 12.3. The van der Waals surface area contributed by atoms with E-state index in [0.717, 1.165) is 23.1 Å². The second-order valence-corrected chi connectivity index (χ2v) is 10.0. The van der Waals surface area contributed by atoms with Gasteiger partial charge in [0.05, 0.1) is 10.2 Å². The summed E-state index contributed by atoms with van der Waals surface area (Å²) >= 11 is 7.26. The number of hydrogen-bond acceptors (Lipinski definition) is 5. The van der Waals surface area contributed by atoms with Crippen molar-refractivity contribution < 1.29 is 18.0 Å².